The van der Waals surface area contributed by atoms with Gasteiger partial charge in [-0.15, -0.1) is 0 Å². The van der Waals surface area contributed by atoms with Crippen molar-refractivity contribution in [1.29, 1.82) is 0 Å². The smallest absolute Gasteiger partial charge is 0.354 e. The average Bonchev–Trinajstić information content (AvgIpc) is 2.10. The Kier molecular flexibility index (Phi) is 1.91. The second-order valence-corrected chi connectivity index (χ2v) is 3.77. The summed E-state index contributed by atoms with van der Waals surface area (Å²) in [7, 11) is 0. The number of carboxylic acids is 1. The van der Waals surface area contributed by atoms with Gasteiger partial charge in [0, 0.05) is 0 Å². The van der Waals surface area contributed by atoms with Crippen LogP contribution in [0.3, 0.4) is 0 Å². The van der Waals surface area contributed by atoms with Gasteiger partial charge < -0.3 is 10.1 Å². The number of carbonyl (C=O) groups is 1. The van der Waals surface area contributed by atoms with Crippen LogP contribution in [0.15, 0.2) is 8.58 Å². The van der Waals surface area contributed by atoms with E-state index in [1.54, 1.807) is 0 Å². The van der Waals surface area contributed by atoms with E-state index in [0.29, 0.717) is 3.79 Å². The van der Waals surface area contributed by atoms with Gasteiger partial charge in [-0.2, -0.15) is 0 Å². The molecule has 2 N–H and O–H groups in total. The molecule has 0 saturated heterocycles. The Morgan fingerprint density at radius 3 is 2.50 bits per heavy atom. The first kappa shape index (κ1) is 7.49. The molecule has 0 fully saturated rings. The lowest BCUT2D eigenvalue weighted by atomic mass is 10.5. The normalized spacial score (nSPS) is 9.70. The van der Waals surface area contributed by atoms with Crippen LogP contribution < -0.4 is 4.87 Å². The number of rotatable bonds is 1. The molecule has 0 aliphatic heterocycles. The van der Waals surface area contributed by atoms with Crippen LogP contribution in [0.5, 0.6) is 0 Å². The molecule has 1 rings (SSSR count). The Morgan fingerprint density at radius 2 is 2.30 bits per heavy atom. The minimum absolute atomic E-state index is 0.0880. The van der Waals surface area contributed by atoms with Crippen molar-refractivity contribution in [1.82, 2.24) is 4.98 Å². The SMILES string of the molecule is O=C(O)c1[nH]c(=O)sc1Br. The topological polar surface area (TPSA) is 70.2 Å². The summed E-state index contributed by atoms with van der Waals surface area (Å²) in [6.07, 6.45) is 0. The molecule has 0 atom stereocenters. The van der Waals surface area contributed by atoms with Crippen LogP contribution in [-0.2, 0) is 0 Å². The van der Waals surface area contributed by atoms with Crippen molar-refractivity contribution >= 4 is 33.2 Å². The number of nitrogens with one attached hydrogen (secondary N) is 1. The fourth-order valence-corrected chi connectivity index (χ4v) is 1.71. The van der Waals surface area contributed by atoms with Crippen LogP contribution in [0, 0.1) is 0 Å². The van der Waals surface area contributed by atoms with Crippen LogP contribution in [0.25, 0.3) is 0 Å². The molecule has 0 amide bonds. The van der Waals surface area contributed by atoms with Crippen molar-refractivity contribution in [2.45, 2.75) is 0 Å². The van der Waals surface area contributed by atoms with Gasteiger partial charge in [-0.25, -0.2) is 4.79 Å². The monoisotopic (exact) mass is 223 g/mol. The quantitative estimate of drug-likeness (QED) is 0.744. The van der Waals surface area contributed by atoms with Crippen LogP contribution in [0.2, 0.25) is 0 Å². The van der Waals surface area contributed by atoms with Gasteiger partial charge in [0.1, 0.15) is 3.79 Å². The molecule has 0 aromatic carbocycles. The molecule has 1 heterocycles. The molecule has 6 heteroatoms. The number of aromatic carboxylic acids is 1. The van der Waals surface area contributed by atoms with Crippen LogP contribution in [-0.4, -0.2) is 16.1 Å². The summed E-state index contributed by atoms with van der Waals surface area (Å²) in [5.41, 5.74) is -0.0880. The number of hydrogen-bond acceptors (Lipinski definition) is 3. The molecule has 10 heavy (non-hydrogen) atoms. The second-order valence-electron chi connectivity index (χ2n) is 1.47. The van der Waals surface area contributed by atoms with Gasteiger partial charge in [0.15, 0.2) is 5.69 Å². The summed E-state index contributed by atoms with van der Waals surface area (Å²) in [5.74, 6) is -1.13. The standard InChI is InChI=1S/C4H2BrNO3S/c5-2-1(3(7)8)6-4(9)10-2/h(H,6,9)(H,7,8). The van der Waals surface area contributed by atoms with Crippen molar-refractivity contribution in [3.63, 3.8) is 0 Å². The number of thiazole rings is 1. The molecule has 0 radical (unpaired) electrons. The number of halogens is 1. The van der Waals surface area contributed by atoms with Gasteiger partial charge in [-0.3, -0.25) is 4.79 Å². The maximum Gasteiger partial charge on any atom is 0.354 e. The summed E-state index contributed by atoms with van der Waals surface area (Å²) in [4.78, 5) is 22.5. The van der Waals surface area contributed by atoms with E-state index in [4.69, 9.17) is 5.11 Å². The summed E-state index contributed by atoms with van der Waals surface area (Å²) >= 11 is 3.75. The molecule has 4 nitrogen and oxygen atoms in total. The highest BCUT2D eigenvalue weighted by atomic mass is 79.9. The third kappa shape index (κ3) is 1.27. The van der Waals surface area contributed by atoms with Crippen molar-refractivity contribution in [3.8, 4) is 0 Å². The maximum absolute atomic E-state index is 10.5. The van der Waals surface area contributed by atoms with Gasteiger partial charge in [0.25, 0.3) is 0 Å². The van der Waals surface area contributed by atoms with E-state index in [1.807, 2.05) is 0 Å². The van der Waals surface area contributed by atoms with E-state index in [0.717, 1.165) is 11.3 Å². The predicted octanol–water partition coefficient (Wildman–Crippen LogP) is 0.897. The minimum Gasteiger partial charge on any atom is -0.477 e. The van der Waals surface area contributed by atoms with Gasteiger partial charge in [-0.1, -0.05) is 11.3 Å². The van der Waals surface area contributed by atoms with Gasteiger partial charge in [0.05, 0.1) is 0 Å². The summed E-state index contributed by atoms with van der Waals surface area (Å²) in [6.45, 7) is 0. The first-order valence-electron chi connectivity index (χ1n) is 2.23. The molecule has 0 bridgehead atoms. The molecule has 0 aliphatic carbocycles. The first-order valence-corrected chi connectivity index (χ1v) is 3.84. The van der Waals surface area contributed by atoms with Crippen LogP contribution in [0.4, 0.5) is 0 Å². The van der Waals surface area contributed by atoms with E-state index in [2.05, 4.69) is 20.9 Å². The highest BCUT2D eigenvalue weighted by Crippen LogP contribution is 2.16. The molecular formula is C4H2BrNO3S. The number of aromatic amines is 1. The summed E-state index contributed by atoms with van der Waals surface area (Å²) in [5, 5.41) is 8.39. The Bertz CT molecular complexity index is 315. The summed E-state index contributed by atoms with van der Waals surface area (Å²) < 4.78 is 0.324. The molecule has 1 aromatic rings. The Labute approximate surface area is 67.6 Å². The summed E-state index contributed by atoms with van der Waals surface area (Å²) in [6, 6.07) is 0. The lowest BCUT2D eigenvalue weighted by molar-refractivity contribution is 0.0690. The molecular weight excluding hydrogens is 222 g/mol. The third-order valence-electron chi connectivity index (χ3n) is 0.820. The van der Waals surface area contributed by atoms with Gasteiger partial charge in [-0.05, 0) is 15.9 Å². The maximum atomic E-state index is 10.5. The lowest BCUT2D eigenvalue weighted by Crippen LogP contribution is -2.01. The number of carboxylic acid groups (broad SMARTS) is 1. The van der Waals surface area contributed by atoms with E-state index >= 15 is 0 Å². The van der Waals surface area contributed by atoms with Gasteiger partial charge >= 0.3 is 10.8 Å². The van der Waals surface area contributed by atoms with E-state index in [-0.39, 0.29) is 10.6 Å². The zero-order chi connectivity index (χ0) is 7.72. The molecule has 0 aliphatic rings. The van der Waals surface area contributed by atoms with Crippen LogP contribution in [0.1, 0.15) is 10.5 Å². The zero-order valence-corrected chi connectivity index (χ0v) is 6.95. The Morgan fingerprint density at radius 1 is 1.70 bits per heavy atom. The van der Waals surface area contributed by atoms with Crippen molar-refractivity contribution < 1.29 is 9.90 Å². The highest BCUT2D eigenvalue weighted by Gasteiger charge is 2.11. The second kappa shape index (κ2) is 2.55. The zero-order valence-electron chi connectivity index (χ0n) is 4.55. The Balaban J connectivity index is 3.28. The Hall–Kier alpha value is -0.620. The first-order chi connectivity index (χ1) is 4.61. The molecule has 0 saturated carbocycles. The number of H-pyrrole nitrogens is 1. The fourth-order valence-electron chi connectivity index (χ4n) is 0.447. The highest BCUT2D eigenvalue weighted by molar-refractivity contribution is 9.11. The van der Waals surface area contributed by atoms with Gasteiger partial charge in [0.2, 0.25) is 0 Å². The molecule has 1 aromatic heterocycles. The average molecular weight is 224 g/mol. The minimum atomic E-state index is -1.13. The molecule has 0 unspecified atom stereocenters. The lowest BCUT2D eigenvalue weighted by Gasteiger charge is -1.84. The third-order valence-corrected chi connectivity index (χ3v) is 2.37. The predicted molar refractivity (Wildman–Crippen MR) is 39.6 cm³/mol. The largest absolute Gasteiger partial charge is 0.477 e. The van der Waals surface area contributed by atoms with Crippen molar-refractivity contribution in [3.05, 3.63) is 19.1 Å². The van der Waals surface area contributed by atoms with Crippen molar-refractivity contribution in [2.75, 3.05) is 0 Å². The molecule has 0 spiro atoms. The van der Waals surface area contributed by atoms with E-state index in [9.17, 15) is 9.59 Å². The fraction of sp³-hybridized carbons (Fsp3) is 0. The van der Waals surface area contributed by atoms with Crippen molar-refractivity contribution in [2.24, 2.45) is 0 Å². The van der Waals surface area contributed by atoms with E-state index < -0.39 is 5.97 Å². The molecule has 54 valence electrons. The number of aromatic nitrogens is 1. The number of hydrogen-bond donors (Lipinski definition) is 2. The van der Waals surface area contributed by atoms with E-state index in [1.165, 1.54) is 0 Å². The van der Waals surface area contributed by atoms with Crippen LogP contribution >= 0.6 is 27.3 Å².